The highest BCUT2D eigenvalue weighted by Crippen LogP contribution is 1.78. The van der Waals surface area contributed by atoms with Gasteiger partial charge in [-0.2, -0.15) is 0 Å². The summed E-state index contributed by atoms with van der Waals surface area (Å²) in [5.74, 6) is 0. The molecule has 0 aromatic rings. The summed E-state index contributed by atoms with van der Waals surface area (Å²) in [7, 11) is 0. The van der Waals surface area contributed by atoms with Gasteiger partial charge in [0, 0.05) is 0 Å². The van der Waals surface area contributed by atoms with Crippen LogP contribution >= 0.6 is 0 Å². The molecule has 0 saturated carbocycles. The van der Waals surface area contributed by atoms with Crippen LogP contribution in [0.15, 0.2) is 11.8 Å². The van der Waals surface area contributed by atoms with Gasteiger partial charge in [-0.1, -0.05) is 26.8 Å². The van der Waals surface area contributed by atoms with E-state index in [1.54, 1.807) is 6.20 Å². The van der Waals surface area contributed by atoms with Crippen molar-refractivity contribution in [2.24, 2.45) is 5.73 Å². The maximum atomic E-state index is 5.01. The molecule has 0 aliphatic rings. The molecule has 0 aromatic carbocycles. The molecule has 1 heteroatoms. The summed E-state index contributed by atoms with van der Waals surface area (Å²) in [6.07, 6.45) is 1.58. The summed E-state index contributed by atoms with van der Waals surface area (Å²) >= 11 is 0. The van der Waals surface area contributed by atoms with Gasteiger partial charge < -0.3 is 5.73 Å². The molecular weight excluding hydrogens is 98.1 g/mol. The molecule has 0 heterocycles. The number of allylic oxidation sites excluding steroid dienone is 1. The molecule has 0 aromatic heterocycles. The highest BCUT2D eigenvalue weighted by atomic mass is 14.5. The van der Waals surface area contributed by atoms with Crippen molar-refractivity contribution in [2.75, 3.05) is 0 Å². The van der Waals surface area contributed by atoms with Crippen LogP contribution in [0.25, 0.3) is 0 Å². The lowest BCUT2D eigenvalue weighted by atomic mass is 10.4. The molecule has 1 nitrogen and oxygen atoms in total. The Labute approximate surface area is 53.6 Å². The first-order valence-electron chi connectivity index (χ1n) is 2.62. The fourth-order valence-corrected chi connectivity index (χ4v) is 0. The molecule has 2 N–H and O–H groups in total. The minimum absolute atomic E-state index is 0. The Morgan fingerprint density at radius 2 is 1.38 bits per heavy atom. The van der Waals surface area contributed by atoms with E-state index in [9.17, 15) is 0 Å². The lowest BCUT2D eigenvalue weighted by molar-refractivity contribution is 1.34. The predicted octanol–water partition coefficient (Wildman–Crippen LogP) is 2.53. The quantitative estimate of drug-likeness (QED) is 0.518. The maximum absolute atomic E-state index is 5.01. The Morgan fingerprint density at radius 1 is 1.25 bits per heavy atom. The van der Waals surface area contributed by atoms with Crippen LogP contribution in [0.3, 0.4) is 0 Å². The second-order valence-corrected chi connectivity index (χ2v) is 1.24. The Morgan fingerprint density at radius 3 is 1.38 bits per heavy atom. The summed E-state index contributed by atoms with van der Waals surface area (Å²) in [5, 5.41) is 0. The fraction of sp³-hybridized carbons (Fsp3) is 0.714. The van der Waals surface area contributed by atoms with Crippen molar-refractivity contribution in [3.05, 3.63) is 11.8 Å². The molecular formula is C7H19N. The normalized spacial score (nSPS) is 5.00. The zero-order chi connectivity index (χ0) is 6.28. The predicted molar refractivity (Wildman–Crippen MR) is 41.7 cm³/mol. The first-order chi connectivity index (χ1) is 3.27. The van der Waals surface area contributed by atoms with Gasteiger partial charge in [-0.15, -0.1) is 0 Å². The van der Waals surface area contributed by atoms with Crippen molar-refractivity contribution in [1.82, 2.24) is 0 Å². The first kappa shape index (κ1) is 15.6. The maximum Gasteiger partial charge on any atom is -0.00761 e. The van der Waals surface area contributed by atoms with E-state index >= 15 is 0 Å². The topological polar surface area (TPSA) is 26.0 Å². The van der Waals surface area contributed by atoms with E-state index in [-0.39, 0.29) is 7.43 Å². The molecule has 0 fully saturated rings. The van der Waals surface area contributed by atoms with Gasteiger partial charge in [0.05, 0.1) is 0 Å². The molecule has 0 rings (SSSR count). The summed E-state index contributed by atoms with van der Waals surface area (Å²) in [4.78, 5) is 0. The van der Waals surface area contributed by atoms with Gasteiger partial charge in [0.1, 0.15) is 0 Å². The van der Waals surface area contributed by atoms with Crippen LogP contribution in [0.4, 0.5) is 0 Å². The van der Waals surface area contributed by atoms with E-state index in [1.807, 2.05) is 27.7 Å². The van der Waals surface area contributed by atoms with Crippen LogP contribution in [-0.4, -0.2) is 0 Å². The monoisotopic (exact) mass is 117 g/mol. The van der Waals surface area contributed by atoms with Crippen molar-refractivity contribution >= 4 is 0 Å². The highest BCUT2D eigenvalue weighted by Gasteiger charge is 1.61. The summed E-state index contributed by atoms with van der Waals surface area (Å²) in [5.41, 5.74) is 6.17. The number of hydrogen-bond donors (Lipinski definition) is 1. The SMILES string of the molecule is C.CC.CC(C)=CN. The molecule has 0 atom stereocenters. The molecule has 0 unspecified atom stereocenters. The van der Waals surface area contributed by atoms with E-state index in [4.69, 9.17) is 5.73 Å². The number of rotatable bonds is 0. The number of hydrogen-bond acceptors (Lipinski definition) is 1. The van der Waals surface area contributed by atoms with E-state index in [2.05, 4.69) is 0 Å². The summed E-state index contributed by atoms with van der Waals surface area (Å²) < 4.78 is 0. The second-order valence-electron chi connectivity index (χ2n) is 1.24. The molecule has 0 bridgehead atoms. The van der Waals surface area contributed by atoms with Crippen LogP contribution in [0.1, 0.15) is 35.1 Å². The zero-order valence-corrected chi connectivity index (χ0v) is 5.65. The van der Waals surface area contributed by atoms with Gasteiger partial charge in [0.25, 0.3) is 0 Å². The van der Waals surface area contributed by atoms with Gasteiger partial charge in [0.15, 0.2) is 0 Å². The van der Waals surface area contributed by atoms with E-state index in [0.29, 0.717) is 0 Å². The smallest absolute Gasteiger partial charge is 0.00761 e. The molecule has 0 aliphatic carbocycles. The Balaban J connectivity index is -0.0000000750. The van der Waals surface area contributed by atoms with Crippen LogP contribution in [0.2, 0.25) is 0 Å². The molecule has 0 radical (unpaired) electrons. The lowest BCUT2D eigenvalue weighted by Crippen LogP contribution is -1.76. The molecule has 0 amide bonds. The Bertz CT molecular complexity index is 42.3. The van der Waals surface area contributed by atoms with Crippen LogP contribution in [-0.2, 0) is 0 Å². The molecule has 52 valence electrons. The first-order valence-corrected chi connectivity index (χ1v) is 2.62. The molecule has 0 saturated heterocycles. The van der Waals surface area contributed by atoms with E-state index in [1.165, 1.54) is 0 Å². The van der Waals surface area contributed by atoms with Crippen molar-refractivity contribution in [3.63, 3.8) is 0 Å². The third kappa shape index (κ3) is 48.1. The van der Waals surface area contributed by atoms with Gasteiger partial charge in [0.2, 0.25) is 0 Å². The molecule has 0 spiro atoms. The zero-order valence-electron chi connectivity index (χ0n) is 5.65. The molecule has 0 aliphatic heterocycles. The van der Waals surface area contributed by atoms with Gasteiger partial charge in [-0.25, -0.2) is 0 Å². The van der Waals surface area contributed by atoms with Gasteiger partial charge in [-0.05, 0) is 20.0 Å². The highest BCUT2D eigenvalue weighted by molar-refractivity contribution is 4.87. The fourth-order valence-electron chi connectivity index (χ4n) is 0. The van der Waals surface area contributed by atoms with Crippen molar-refractivity contribution < 1.29 is 0 Å². The largest absolute Gasteiger partial charge is 0.405 e. The third-order valence-electron chi connectivity index (χ3n) is 0.333. The minimum atomic E-state index is 0. The van der Waals surface area contributed by atoms with Gasteiger partial charge in [-0.3, -0.25) is 0 Å². The summed E-state index contributed by atoms with van der Waals surface area (Å²) in [6, 6.07) is 0. The number of nitrogens with two attached hydrogens (primary N) is 1. The van der Waals surface area contributed by atoms with Crippen molar-refractivity contribution in [1.29, 1.82) is 0 Å². The second kappa shape index (κ2) is 16.0. The summed E-state index contributed by atoms with van der Waals surface area (Å²) in [6.45, 7) is 7.92. The minimum Gasteiger partial charge on any atom is -0.405 e. The van der Waals surface area contributed by atoms with Crippen molar-refractivity contribution in [2.45, 2.75) is 35.1 Å². The standard InChI is InChI=1S/C4H9N.C2H6.CH4/c1-4(2)3-5;1-2;/h3H,5H2,1-2H3;1-2H3;1H4. The average molecular weight is 117 g/mol. The van der Waals surface area contributed by atoms with E-state index in [0.717, 1.165) is 5.57 Å². The van der Waals surface area contributed by atoms with Crippen LogP contribution < -0.4 is 5.73 Å². The lowest BCUT2D eigenvalue weighted by Gasteiger charge is -1.74. The van der Waals surface area contributed by atoms with Crippen molar-refractivity contribution in [3.8, 4) is 0 Å². The Hall–Kier alpha value is -0.460. The Kier molecular flexibility index (Phi) is 31.3. The van der Waals surface area contributed by atoms with E-state index < -0.39 is 0 Å². The molecule has 8 heavy (non-hydrogen) atoms. The average Bonchev–Trinajstić information content (AvgIpc) is 1.73. The third-order valence-corrected chi connectivity index (χ3v) is 0.333. The van der Waals surface area contributed by atoms with Crippen LogP contribution in [0.5, 0.6) is 0 Å². The van der Waals surface area contributed by atoms with Gasteiger partial charge >= 0.3 is 0 Å². The van der Waals surface area contributed by atoms with Crippen LogP contribution in [0, 0.1) is 0 Å².